The van der Waals surface area contributed by atoms with E-state index in [0.717, 1.165) is 48.4 Å². The summed E-state index contributed by atoms with van der Waals surface area (Å²) in [5.41, 5.74) is -5.92. The fraction of sp³-hybridized carbons (Fsp3) is 0.130. The summed E-state index contributed by atoms with van der Waals surface area (Å²) in [6.07, 6.45) is 0. The molecule has 0 radical (unpaired) electrons. The van der Waals surface area contributed by atoms with Crippen molar-refractivity contribution < 1.29 is 44.5 Å². The molecule has 0 fully saturated rings. The summed E-state index contributed by atoms with van der Waals surface area (Å²) in [5, 5.41) is 1.90. The van der Waals surface area contributed by atoms with Crippen LogP contribution in [0, 0.1) is 5.82 Å². The third-order valence-electron chi connectivity index (χ3n) is 5.43. The minimum atomic E-state index is -6.14. The standard InChI is InChI=1S/C23H13Cl3F4N2O6S/c1-37-21(33)10-4-17(25)20(18(26)5-10)32-19-8-12(38-39(35,36)23(28,29)30)7-14(15(19)9-31-22(32)34)13-3-2-11(27)6-16(13)24/h2-8H,9H2,1H3,(H,31,34). The Labute approximate surface area is 233 Å². The maximum absolute atomic E-state index is 13.7. The summed E-state index contributed by atoms with van der Waals surface area (Å²) in [7, 11) is -5.02. The first-order chi connectivity index (χ1) is 18.1. The molecule has 1 N–H and O–H groups in total. The quantitative estimate of drug-likeness (QED) is 0.144. The molecule has 16 heteroatoms. The first-order valence-corrected chi connectivity index (χ1v) is 13.0. The van der Waals surface area contributed by atoms with E-state index in [2.05, 4.69) is 14.2 Å². The minimum absolute atomic E-state index is 0.00769. The van der Waals surface area contributed by atoms with Crippen LogP contribution in [-0.4, -0.2) is 33.0 Å². The van der Waals surface area contributed by atoms with Crippen LogP contribution in [0.1, 0.15) is 15.9 Å². The van der Waals surface area contributed by atoms with Gasteiger partial charge < -0.3 is 14.2 Å². The van der Waals surface area contributed by atoms with Crippen molar-refractivity contribution in [2.45, 2.75) is 12.1 Å². The number of carbonyl (C=O) groups excluding carboxylic acids is 2. The first-order valence-electron chi connectivity index (χ1n) is 10.4. The smallest absolute Gasteiger partial charge is 0.465 e. The van der Waals surface area contributed by atoms with Gasteiger partial charge in [-0.25, -0.2) is 14.0 Å². The highest BCUT2D eigenvalue weighted by Gasteiger charge is 2.49. The van der Waals surface area contributed by atoms with E-state index in [1.165, 1.54) is 6.07 Å². The number of anilines is 2. The summed E-state index contributed by atoms with van der Waals surface area (Å²) < 4.78 is 85.6. The van der Waals surface area contributed by atoms with Gasteiger partial charge in [-0.1, -0.05) is 34.8 Å². The molecule has 3 aromatic carbocycles. The Hall–Kier alpha value is -3.26. The first kappa shape index (κ1) is 28.7. The highest BCUT2D eigenvalue weighted by atomic mass is 35.5. The Balaban J connectivity index is 2.01. The van der Waals surface area contributed by atoms with Crippen LogP contribution in [-0.2, 0) is 21.4 Å². The van der Waals surface area contributed by atoms with Gasteiger partial charge >= 0.3 is 27.6 Å². The average Bonchev–Trinajstić information content (AvgIpc) is 2.83. The molecule has 8 nitrogen and oxygen atoms in total. The maximum Gasteiger partial charge on any atom is 0.534 e. The summed E-state index contributed by atoms with van der Waals surface area (Å²) in [6.45, 7) is -0.213. The number of hydrogen-bond acceptors (Lipinski definition) is 6. The van der Waals surface area contributed by atoms with Crippen molar-refractivity contribution >= 4 is 68.3 Å². The number of fused-ring (bicyclic) bond motifs is 1. The number of urea groups is 1. The number of alkyl halides is 3. The van der Waals surface area contributed by atoms with Gasteiger partial charge in [0.15, 0.2) is 0 Å². The van der Waals surface area contributed by atoms with E-state index in [-0.39, 0.29) is 55.2 Å². The summed E-state index contributed by atoms with van der Waals surface area (Å²) >= 11 is 18.9. The fourth-order valence-electron chi connectivity index (χ4n) is 3.78. The van der Waals surface area contributed by atoms with E-state index < -0.39 is 39.2 Å². The second-order valence-electron chi connectivity index (χ2n) is 7.85. The van der Waals surface area contributed by atoms with Crippen LogP contribution in [0.5, 0.6) is 5.75 Å². The van der Waals surface area contributed by atoms with Crippen LogP contribution in [0.3, 0.4) is 0 Å². The van der Waals surface area contributed by atoms with Crippen molar-refractivity contribution in [3.8, 4) is 16.9 Å². The molecule has 0 aromatic heterocycles. The number of benzene rings is 3. The molecule has 39 heavy (non-hydrogen) atoms. The van der Waals surface area contributed by atoms with Crippen molar-refractivity contribution in [1.82, 2.24) is 5.32 Å². The van der Waals surface area contributed by atoms with E-state index >= 15 is 0 Å². The Bertz CT molecular complexity index is 1610. The van der Waals surface area contributed by atoms with Gasteiger partial charge in [-0.2, -0.15) is 21.6 Å². The molecule has 1 aliphatic heterocycles. The molecular formula is C23H13Cl3F4N2O6S. The van der Waals surface area contributed by atoms with Crippen molar-refractivity contribution in [2.75, 3.05) is 12.0 Å². The van der Waals surface area contributed by atoms with E-state index in [1.807, 2.05) is 0 Å². The van der Waals surface area contributed by atoms with Crippen LogP contribution < -0.4 is 14.4 Å². The molecule has 1 aliphatic rings. The summed E-state index contributed by atoms with van der Waals surface area (Å²) in [5.74, 6) is -2.36. The zero-order chi connectivity index (χ0) is 28.9. The molecule has 206 valence electrons. The van der Waals surface area contributed by atoms with Crippen LogP contribution >= 0.6 is 34.8 Å². The van der Waals surface area contributed by atoms with E-state index in [9.17, 15) is 35.6 Å². The third kappa shape index (κ3) is 5.44. The van der Waals surface area contributed by atoms with Crippen molar-refractivity contribution in [2.24, 2.45) is 0 Å². The van der Waals surface area contributed by atoms with E-state index in [1.54, 1.807) is 0 Å². The number of esters is 1. The third-order valence-corrected chi connectivity index (χ3v) is 7.30. The van der Waals surface area contributed by atoms with Gasteiger partial charge in [-0.15, -0.1) is 0 Å². The maximum atomic E-state index is 13.7. The summed E-state index contributed by atoms with van der Waals surface area (Å²) in [4.78, 5) is 25.9. The van der Waals surface area contributed by atoms with Crippen LogP contribution in [0.15, 0.2) is 42.5 Å². The molecule has 0 bridgehead atoms. The average molecular weight is 628 g/mol. The number of rotatable bonds is 5. The van der Waals surface area contributed by atoms with E-state index in [0.29, 0.717) is 0 Å². The van der Waals surface area contributed by atoms with Crippen LogP contribution in [0.25, 0.3) is 11.1 Å². The molecule has 3 aromatic rings. The molecular weight excluding hydrogens is 615 g/mol. The minimum Gasteiger partial charge on any atom is -0.465 e. The van der Waals surface area contributed by atoms with Gasteiger partial charge in [0, 0.05) is 23.7 Å². The molecule has 0 saturated heterocycles. The number of carbonyl (C=O) groups is 2. The molecule has 0 atom stereocenters. The highest BCUT2D eigenvalue weighted by molar-refractivity contribution is 7.88. The molecule has 0 unspecified atom stereocenters. The molecule has 2 amide bonds. The Morgan fingerprint density at radius 1 is 1.00 bits per heavy atom. The molecule has 0 spiro atoms. The van der Waals surface area contributed by atoms with E-state index in [4.69, 9.17) is 34.8 Å². The number of hydrogen-bond donors (Lipinski definition) is 1. The number of methoxy groups -OCH3 is 1. The van der Waals surface area contributed by atoms with Gasteiger partial charge in [0.1, 0.15) is 11.6 Å². The van der Waals surface area contributed by atoms with Crippen molar-refractivity contribution in [3.05, 3.63) is 74.5 Å². The predicted octanol–water partition coefficient (Wildman–Crippen LogP) is 6.83. The van der Waals surface area contributed by atoms with Crippen molar-refractivity contribution in [3.63, 3.8) is 0 Å². The van der Waals surface area contributed by atoms with Gasteiger partial charge in [0.2, 0.25) is 0 Å². The number of nitrogens with zero attached hydrogens (tertiary/aromatic N) is 1. The second-order valence-corrected chi connectivity index (χ2v) is 10.6. The number of amides is 2. The van der Waals surface area contributed by atoms with Crippen LogP contribution in [0.4, 0.5) is 33.7 Å². The lowest BCUT2D eigenvalue weighted by molar-refractivity contribution is -0.0500. The zero-order valence-electron chi connectivity index (χ0n) is 19.2. The van der Waals surface area contributed by atoms with Crippen LogP contribution in [0.2, 0.25) is 15.1 Å². The fourth-order valence-corrected chi connectivity index (χ4v) is 5.14. The Morgan fingerprint density at radius 3 is 2.21 bits per heavy atom. The number of nitrogens with one attached hydrogen (secondary N) is 1. The SMILES string of the molecule is COC(=O)c1cc(Cl)c(N2C(=O)NCc3c(-c4ccc(F)cc4Cl)cc(OS(=O)(=O)C(F)(F)F)cc32)c(Cl)c1. The largest absolute Gasteiger partial charge is 0.534 e. The molecule has 0 aliphatic carbocycles. The monoisotopic (exact) mass is 626 g/mol. The van der Waals surface area contributed by atoms with Gasteiger partial charge in [0.05, 0.1) is 39.1 Å². The van der Waals surface area contributed by atoms with Gasteiger partial charge in [0.25, 0.3) is 0 Å². The topological polar surface area (TPSA) is 102 Å². The lowest BCUT2D eigenvalue weighted by Crippen LogP contribution is -2.41. The molecule has 1 heterocycles. The number of ether oxygens (including phenoxy) is 1. The number of halogens is 7. The predicted molar refractivity (Wildman–Crippen MR) is 135 cm³/mol. The lowest BCUT2D eigenvalue weighted by Gasteiger charge is -2.33. The summed E-state index contributed by atoms with van der Waals surface area (Å²) in [6, 6.07) is 6.39. The highest BCUT2D eigenvalue weighted by Crippen LogP contribution is 2.47. The van der Waals surface area contributed by atoms with Crippen molar-refractivity contribution in [1.29, 1.82) is 0 Å². The Morgan fingerprint density at radius 2 is 1.64 bits per heavy atom. The Kier molecular flexibility index (Phi) is 7.65. The van der Waals surface area contributed by atoms with Gasteiger partial charge in [-0.05, 0) is 42.0 Å². The zero-order valence-corrected chi connectivity index (χ0v) is 22.3. The molecule has 4 rings (SSSR count). The molecule has 0 saturated carbocycles. The second kappa shape index (κ2) is 10.4. The van der Waals surface area contributed by atoms with Gasteiger partial charge in [-0.3, -0.25) is 4.90 Å². The normalized spacial score (nSPS) is 13.5. The lowest BCUT2D eigenvalue weighted by atomic mass is 9.95.